The summed E-state index contributed by atoms with van der Waals surface area (Å²) in [5.74, 6) is -0.217. The third-order valence-corrected chi connectivity index (χ3v) is 7.52. The van der Waals surface area contributed by atoms with Gasteiger partial charge in [0.15, 0.2) is 0 Å². The molecule has 3 atom stereocenters. The number of ether oxygens (including phenoxy) is 1. The van der Waals surface area contributed by atoms with Crippen LogP contribution >= 0.6 is 0 Å². The van der Waals surface area contributed by atoms with E-state index >= 15 is 0 Å². The smallest absolute Gasteiger partial charge is 0.243 e. The second kappa shape index (κ2) is 14.7. The molecule has 1 aliphatic rings. The van der Waals surface area contributed by atoms with Gasteiger partial charge in [0, 0.05) is 30.2 Å². The molecule has 0 saturated heterocycles. The van der Waals surface area contributed by atoms with E-state index in [9.17, 15) is 14.4 Å². The van der Waals surface area contributed by atoms with Crippen molar-refractivity contribution in [2.45, 2.75) is 71.0 Å². The molecule has 0 radical (unpaired) electrons. The maximum absolute atomic E-state index is 13.7. The Morgan fingerprint density at radius 2 is 1.68 bits per heavy atom. The van der Waals surface area contributed by atoms with E-state index in [2.05, 4.69) is 26.3 Å². The highest BCUT2D eigenvalue weighted by atomic mass is 16.5. The lowest BCUT2D eigenvalue weighted by Crippen LogP contribution is -2.58. The highest BCUT2D eigenvalue weighted by molar-refractivity contribution is 5.93. The first-order chi connectivity index (χ1) is 19.9. The Balaban J connectivity index is 1.59. The Morgan fingerprint density at radius 3 is 2.49 bits per heavy atom. The lowest BCUT2D eigenvalue weighted by Gasteiger charge is -2.27. The van der Waals surface area contributed by atoms with Crippen LogP contribution in [0, 0.1) is 5.92 Å². The number of hydrogen-bond donors (Lipinski definition) is 5. The molecule has 9 heteroatoms. The summed E-state index contributed by atoms with van der Waals surface area (Å²) in [6.45, 7) is 7.06. The van der Waals surface area contributed by atoms with Gasteiger partial charge in [0.25, 0.3) is 0 Å². The molecule has 3 aromatic rings. The number of hydrogen-bond acceptors (Lipinski definition) is 5. The minimum atomic E-state index is -0.788. The topological polar surface area (TPSA) is 124 Å². The largest absolute Gasteiger partial charge is 0.492 e. The van der Waals surface area contributed by atoms with E-state index in [0.29, 0.717) is 32.5 Å². The van der Waals surface area contributed by atoms with Gasteiger partial charge >= 0.3 is 0 Å². The van der Waals surface area contributed by atoms with Gasteiger partial charge in [-0.2, -0.15) is 0 Å². The number of benzene rings is 2. The molecular weight excluding hydrogens is 518 g/mol. The van der Waals surface area contributed by atoms with Gasteiger partial charge in [0.2, 0.25) is 17.7 Å². The molecule has 3 amide bonds. The van der Waals surface area contributed by atoms with Crippen molar-refractivity contribution in [2.75, 3.05) is 19.7 Å². The van der Waals surface area contributed by atoms with E-state index < -0.39 is 18.1 Å². The number of aromatic amines is 1. The predicted octanol–water partition coefficient (Wildman–Crippen LogP) is 3.24. The highest BCUT2D eigenvalue weighted by Gasteiger charge is 2.31. The van der Waals surface area contributed by atoms with Crippen LogP contribution in [0.1, 0.15) is 51.2 Å². The summed E-state index contributed by atoms with van der Waals surface area (Å²) in [6, 6.07) is 13.8. The van der Waals surface area contributed by atoms with Gasteiger partial charge < -0.3 is 31.0 Å². The quantitative estimate of drug-likeness (QED) is 0.327. The Hall–Kier alpha value is -3.85. The van der Waals surface area contributed by atoms with Gasteiger partial charge in [-0.15, -0.1) is 0 Å². The Kier molecular flexibility index (Phi) is 10.8. The average Bonchev–Trinajstić information content (AvgIpc) is 3.37. The number of aryl methyl sites for hydroxylation is 1. The van der Waals surface area contributed by atoms with Crippen LogP contribution in [-0.4, -0.2) is 60.5 Å². The van der Waals surface area contributed by atoms with Crippen molar-refractivity contribution in [1.82, 2.24) is 26.3 Å². The molecule has 4 rings (SSSR count). The minimum absolute atomic E-state index is 0.177. The third kappa shape index (κ3) is 8.10. The Bertz CT molecular complexity index is 1320. The summed E-state index contributed by atoms with van der Waals surface area (Å²) in [4.78, 5) is 43.4. The SMILES string of the molecule is CCCC1NC(=O)[C@@H](C(C)C)NC(=O)[C@@H](Cc2c[nH]c3ccccc23)NCCOc2ccccc2CCCNC1=O. The molecule has 1 aromatic heterocycles. The molecule has 1 aliphatic heterocycles. The van der Waals surface area contributed by atoms with Crippen molar-refractivity contribution in [2.24, 2.45) is 5.92 Å². The minimum Gasteiger partial charge on any atom is -0.492 e. The zero-order chi connectivity index (χ0) is 29.2. The van der Waals surface area contributed by atoms with Gasteiger partial charge in [-0.1, -0.05) is 63.6 Å². The van der Waals surface area contributed by atoms with Crippen LogP contribution in [0.4, 0.5) is 0 Å². The summed E-state index contributed by atoms with van der Waals surface area (Å²) in [5, 5.41) is 13.3. The number of amides is 3. The van der Waals surface area contributed by atoms with Crippen LogP contribution in [0.15, 0.2) is 54.7 Å². The number of nitrogens with one attached hydrogen (secondary N) is 5. The van der Waals surface area contributed by atoms with Crippen LogP contribution in [0.5, 0.6) is 5.75 Å². The highest BCUT2D eigenvalue weighted by Crippen LogP contribution is 2.21. The van der Waals surface area contributed by atoms with Crippen molar-refractivity contribution in [3.8, 4) is 5.75 Å². The first-order valence-electron chi connectivity index (χ1n) is 14.7. The molecule has 0 bridgehead atoms. The number of para-hydroxylation sites is 2. The molecule has 9 nitrogen and oxygen atoms in total. The molecule has 0 aliphatic carbocycles. The monoisotopic (exact) mass is 561 g/mol. The molecule has 41 heavy (non-hydrogen) atoms. The van der Waals surface area contributed by atoms with E-state index in [1.165, 1.54) is 0 Å². The zero-order valence-corrected chi connectivity index (χ0v) is 24.3. The van der Waals surface area contributed by atoms with E-state index in [0.717, 1.165) is 47.0 Å². The van der Waals surface area contributed by atoms with Crippen molar-refractivity contribution in [3.05, 3.63) is 65.9 Å². The van der Waals surface area contributed by atoms with Gasteiger partial charge in [-0.05, 0) is 54.9 Å². The molecule has 0 spiro atoms. The van der Waals surface area contributed by atoms with Crippen LogP contribution in [0.25, 0.3) is 10.9 Å². The molecular formula is C32H43N5O4. The molecule has 5 N–H and O–H groups in total. The molecule has 0 saturated carbocycles. The Morgan fingerprint density at radius 1 is 0.902 bits per heavy atom. The van der Waals surface area contributed by atoms with Crippen molar-refractivity contribution >= 4 is 28.6 Å². The number of carbonyl (C=O) groups is 3. The fourth-order valence-corrected chi connectivity index (χ4v) is 5.24. The van der Waals surface area contributed by atoms with Crippen LogP contribution in [-0.2, 0) is 27.2 Å². The standard InChI is InChI=1S/C32H43N5O4/c1-4-10-26-30(38)34-16-9-12-22-11-5-8-15-28(22)41-18-17-33-27(31(39)37-29(21(2)3)32(40)36-26)19-23-20-35-25-14-7-6-13-24(23)25/h5-8,11,13-15,20-21,26-27,29,33,35H,4,9-10,12,16-19H2,1-3H3,(H,34,38)(H,36,40)(H,37,39)/t26?,27-,29-/m1/s1. The average molecular weight is 562 g/mol. The second-order valence-corrected chi connectivity index (χ2v) is 11.0. The van der Waals surface area contributed by atoms with Crippen LogP contribution in [0.3, 0.4) is 0 Å². The maximum atomic E-state index is 13.7. The number of fused-ring (bicyclic) bond motifs is 2. The van der Waals surface area contributed by atoms with Gasteiger partial charge in [0.1, 0.15) is 24.4 Å². The summed E-state index contributed by atoms with van der Waals surface area (Å²) < 4.78 is 6.12. The number of carbonyl (C=O) groups excluding carboxylic acids is 3. The Labute approximate surface area is 242 Å². The lowest BCUT2D eigenvalue weighted by atomic mass is 10.00. The summed E-state index contributed by atoms with van der Waals surface area (Å²) in [6.07, 6.45) is 5.10. The fourth-order valence-electron chi connectivity index (χ4n) is 5.24. The molecule has 2 aromatic carbocycles. The second-order valence-electron chi connectivity index (χ2n) is 11.0. The summed E-state index contributed by atoms with van der Waals surface area (Å²) in [7, 11) is 0. The molecule has 0 fully saturated rings. The number of H-pyrrole nitrogens is 1. The first-order valence-corrected chi connectivity index (χ1v) is 14.7. The summed E-state index contributed by atoms with van der Waals surface area (Å²) in [5.41, 5.74) is 3.07. The number of rotatable bonds is 5. The normalized spacial score (nSPS) is 21.7. The van der Waals surface area contributed by atoms with Gasteiger partial charge in [-0.25, -0.2) is 0 Å². The zero-order valence-electron chi connectivity index (χ0n) is 24.3. The summed E-state index contributed by atoms with van der Waals surface area (Å²) >= 11 is 0. The van der Waals surface area contributed by atoms with Crippen molar-refractivity contribution < 1.29 is 19.1 Å². The van der Waals surface area contributed by atoms with Gasteiger partial charge in [0.05, 0.1) is 6.04 Å². The van der Waals surface area contributed by atoms with E-state index in [1.807, 2.05) is 75.5 Å². The van der Waals surface area contributed by atoms with Crippen LogP contribution < -0.4 is 26.0 Å². The maximum Gasteiger partial charge on any atom is 0.243 e. The van der Waals surface area contributed by atoms with E-state index in [4.69, 9.17) is 4.74 Å². The predicted molar refractivity (Wildman–Crippen MR) is 161 cm³/mol. The fraction of sp³-hybridized carbons (Fsp3) is 0.469. The van der Waals surface area contributed by atoms with Crippen molar-refractivity contribution in [3.63, 3.8) is 0 Å². The first kappa shape index (κ1) is 30.1. The third-order valence-electron chi connectivity index (χ3n) is 7.52. The van der Waals surface area contributed by atoms with Crippen molar-refractivity contribution in [1.29, 1.82) is 0 Å². The number of aromatic nitrogens is 1. The van der Waals surface area contributed by atoms with Gasteiger partial charge in [-0.3, -0.25) is 14.4 Å². The van der Waals surface area contributed by atoms with E-state index in [1.54, 1.807) is 0 Å². The molecule has 2 heterocycles. The molecule has 220 valence electrons. The van der Waals surface area contributed by atoms with E-state index in [-0.39, 0.29) is 23.6 Å². The molecule has 1 unspecified atom stereocenters. The van der Waals surface area contributed by atoms with Crippen LogP contribution in [0.2, 0.25) is 0 Å². The lowest BCUT2D eigenvalue weighted by molar-refractivity contribution is -0.133.